The van der Waals surface area contributed by atoms with Crippen LogP contribution in [0.2, 0.25) is 0 Å². The van der Waals surface area contributed by atoms with Crippen LogP contribution >= 0.6 is 11.8 Å². The third kappa shape index (κ3) is 2.23. The third-order valence-electron chi connectivity index (χ3n) is 0.848. The summed E-state index contributed by atoms with van der Waals surface area (Å²) in [5.41, 5.74) is 1.14. The summed E-state index contributed by atoms with van der Waals surface area (Å²) in [6.07, 6.45) is 1.50. The lowest BCUT2D eigenvalue weighted by Crippen LogP contribution is -1.80. The highest BCUT2D eigenvalue weighted by molar-refractivity contribution is 7.99. The van der Waals surface area contributed by atoms with Gasteiger partial charge in [-0.2, -0.15) is 5.10 Å². The Kier molecular flexibility index (Phi) is 2.50. The SMILES string of the molecule is C=C(C)CSc1ncn[nH]1. The second-order valence-electron chi connectivity index (χ2n) is 2.04. The van der Waals surface area contributed by atoms with Gasteiger partial charge >= 0.3 is 0 Å². The Hall–Kier alpha value is -0.770. The van der Waals surface area contributed by atoms with Crippen LogP contribution in [-0.2, 0) is 0 Å². The molecule has 0 saturated carbocycles. The molecule has 1 aromatic heterocycles. The van der Waals surface area contributed by atoms with Gasteiger partial charge in [-0.3, -0.25) is 5.10 Å². The number of hydrogen-bond donors (Lipinski definition) is 1. The summed E-state index contributed by atoms with van der Waals surface area (Å²) in [6, 6.07) is 0. The van der Waals surface area contributed by atoms with Gasteiger partial charge in [0, 0.05) is 5.75 Å². The molecule has 0 spiro atoms. The van der Waals surface area contributed by atoms with Gasteiger partial charge in [-0.25, -0.2) is 4.98 Å². The molecule has 0 atom stereocenters. The largest absolute Gasteiger partial charge is 0.254 e. The summed E-state index contributed by atoms with van der Waals surface area (Å²) < 4.78 is 0. The van der Waals surface area contributed by atoms with Gasteiger partial charge in [0.05, 0.1) is 0 Å². The topological polar surface area (TPSA) is 41.6 Å². The Labute approximate surface area is 63.9 Å². The summed E-state index contributed by atoms with van der Waals surface area (Å²) in [4.78, 5) is 3.94. The number of aromatic amines is 1. The van der Waals surface area contributed by atoms with Gasteiger partial charge in [-0.1, -0.05) is 23.9 Å². The van der Waals surface area contributed by atoms with Gasteiger partial charge < -0.3 is 0 Å². The molecule has 0 saturated heterocycles. The summed E-state index contributed by atoms with van der Waals surface area (Å²) in [7, 11) is 0. The van der Waals surface area contributed by atoms with Crippen molar-refractivity contribution in [1.82, 2.24) is 15.2 Å². The molecule has 0 radical (unpaired) electrons. The molecular weight excluding hydrogens is 146 g/mol. The fourth-order valence-corrected chi connectivity index (χ4v) is 1.08. The molecule has 0 aliphatic carbocycles. The van der Waals surface area contributed by atoms with E-state index in [4.69, 9.17) is 0 Å². The van der Waals surface area contributed by atoms with E-state index in [1.165, 1.54) is 6.33 Å². The van der Waals surface area contributed by atoms with Crippen molar-refractivity contribution in [2.24, 2.45) is 0 Å². The molecule has 1 aromatic rings. The van der Waals surface area contributed by atoms with Gasteiger partial charge in [0.25, 0.3) is 0 Å². The van der Waals surface area contributed by atoms with E-state index in [2.05, 4.69) is 21.8 Å². The highest BCUT2D eigenvalue weighted by Crippen LogP contribution is 2.12. The first kappa shape index (κ1) is 7.34. The normalized spacial score (nSPS) is 9.70. The molecule has 3 nitrogen and oxygen atoms in total. The van der Waals surface area contributed by atoms with Crippen LogP contribution in [0.3, 0.4) is 0 Å². The summed E-state index contributed by atoms with van der Waals surface area (Å²) in [6.45, 7) is 5.76. The Morgan fingerprint density at radius 3 is 3.20 bits per heavy atom. The van der Waals surface area contributed by atoms with Crippen molar-refractivity contribution in [1.29, 1.82) is 0 Å². The van der Waals surface area contributed by atoms with Crippen LogP contribution in [0.25, 0.3) is 0 Å². The molecule has 0 unspecified atom stereocenters. The minimum atomic E-state index is 0.850. The lowest BCUT2D eigenvalue weighted by Gasteiger charge is -1.93. The fraction of sp³-hybridized carbons (Fsp3) is 0.333. The monoisotopic (exact) mass is 155 g/mol. The van der Waals surface area contributed by atoms with Crippen LogP contribution in [-0.4, -0.2) is 20.9 Å². The smallest absolute Gasteiger partial charge is 0.183 e. The molecule has 1 heterocycles. The van der Waals surface area contributed by atoms with E-state index in [1.807, 2.05) is 6.92 Å². The molecule has 1 N–H and O–H groups in total. The van der Waals surface area contributed by atoms with Crippen LogP contribution in [0.1, 0.15) is 6.92 Å². The van der Waals surface area contributed by atoms with E-state index < -0.39 is 0 Å². The van der Waals surface area contributed by atoms with E-state index in [0.717, 1.165) is 16.5 Å². The second-order valence-corrected chi connectivity index (χ2v) is 3.00. The zero-order valence-electron chi connectivity index (χ0n) is 5.79. The standard InChI is InChI=1S/C6H9N3S/c1-5(2)3-10-6-7-4-8-9-6/h4H,1,3H2,2H3,(H,7,8,9). The maximum atomic E-state index is 3.94. The highest BCUT2D eigenvalue weighted by Gasteiger charge is 1.94. The number of nitrogens with one attached hydrogen (secondary N) is 1. The lowest BCUT2D eigenvalue weighted by atomic mass is 10.4. The quantitative estimate of drug-likeness (QED) is 0.531. The van der Waals surface area contributed by atoms with Crippen molar-refractivity contribution in [3.8, 4) is 0 Å². The zero-order chi connectivity index (χ0) is 7.40. The van der Waals surface area contributed by atoms with Gasteiger partial charge in [-0.05, 0) is 6.92 Å². The number of H-pyrrole nitrogens is 1. The maximum absolute atomic E-state index is 3.94. The zero-order valence-corrected chi connectivity index (χ0v) is 6.61. The molecule has 0 aliphatic rings. The first-order valence-corrected chi connectivity index (χ1v) is 3.90. The Balaban J connectivity index is 2.35. The fourth-order valence-electron chi connectivity index (χ4n) is 0.455. The Morgan fingerprint density at radius 2 is 2.70 bits per heavy atom. The molecular formula is C6H9N3S. The van der Waals surface area contributed by atoms with Crippen LogP contribution in [0.4, 0.5) is 0 Å². The predicted octanol–water partition coefficient (Wildman–Crippen LogP) is 1.47. The Morgan fingerprint density at radius 1 is 1.90 bits per heavy atom. The number of thioether (sulfide) groups is 1. The van der Waals surface area contributed by atoms with Crippen molar-refractivity contribution in [3.05, 3.63) is 18.5 Å². The van der Waals surface area contributed by atoms with Crippen molar-refractivity contribution < 1.29 is 0 Å². The lowest BCUT2D eigenvalue weighted by molar-refractivity contribution is 0.974. The van der Waals surface area contributed by atoms with Crippen LogP contribution in [0.5, 0.6) is 0 Å². The summed E-state index contributed by atoms with van der Waals surface area (Å²) in [5, 5.41) is 7.32. The number of rotatable bonds is 3. The average Bonchev–Trinajstić information content (AvgIpc) is 2.34. The van der Waals surface area contributed by atoms with Crippen molar-refractivity contribution in [2.75, 3.05) is 5.75 Å². The molecule has 0 amide bonds. The second kappa shape index (κ2) is 3.41. The van der Waals surface area contributed by atoms with Crippen molar-refractivity contribution >= 4 is 11.8 Å². The first-order valence-electron chi connectivity index (χ1n) is 2.91. The van der Waals surface area contributed by atoms with Crippen molar-refractivity contribution in [3.63, 3.8) is 0 Å². The minimum Gasteiger partial charge on any atom is -0.254 e. The van der Waals surface area contributed by atoms with E-state index in [9.17, 15) is 0 Å². The van der Waals surface area contributed by atoms with E-state index >= 15 is 0 Å². The number of nitrogens with zero attached hydrogens (tertiary/aromatic N) is 2. The molecule has 0 aliphatic heterocycles. The molecule has 0 bridgehead atoms. The highest BCUT2D eigenvalue weighted by atomic mass is 32.2. The van der Waals surface area contributed by atoms with Crippen LogP contribution in [0.15, 0.2) is 23.6 Å². The molecule has 54 valence electrons. The molecule has 1 rings (SSSR count). The molecule has 0 aromatic carbocycles. The van der Waals surface area contributed by atoms with Gasteiger partial charge in [0.1, 0.15) is 6.33 Å². The Bertz CT molecular complexity index is 205. The predicted molar refractivity (Wildman–Crippen MR) is 41.9 cm³/mol. The van der Waals surface area contributed by atoms with Gasteiger partial charge in [0.2, 0.25) is 0 Å². The number of hydrogen-bond acceptors (Lipinski definition) is 3. The van der Waals surface area contributed by atoms with E-state index in [1.54, 1.807) is 11.8 Å². The van der Waals surface area contributed by atoms with Crippen LogP contribution < -0.4 is 0 Å². The molecule has 4 heteroatoms. The molecule has 0 fully saturated rings. The number of aromatic nitrogens is 3. The maximum Gasteiger partial charge on any atom is 0.183 e. The van der Waals surface area contributed by atoms with Crippen molar-refractivity contribution in [2.45, 2.75) is 12.1 Å². The molecule has 10 heavy (non-hydrogen) atoms. The summed E-state index contributed by atoms with van der Waals surface area (Å²) in [5.74, 6) is 0.898. The van der Waals surface area contributed by atoms with E-state index in [0.29, 0.717) is 0 Å². The average molecular weight is 155 g/mol. The minimum absolute atomic E-state index is 0.850. The van der Waals surface area contributed by atoms with E-state index in [-0.39, 0.29) is 0 Å². The summed E-state index contributed by atoms with van der Waals surface area (Å²) >= 11 is 1.61. The van der Waals surface area contributed by atoms with Gasteiger partial charge in [-0.15, -0.1) is 0 Å². The van der Waals surface area contributed by atoms with Gasteiger partial charge in [0.15, 0.2) is 5.16 Å². The first-order chi connectivity index (χ1) is 4.79. The third-order valence-corrected chi connectivity index (χ3v) is 1.96. The van der Waals surface area contributed by atoms with Crippen LogP contribution in [0, 0.1) is 0 Å².